The lowest BCUT2D eigenvalue weighted by atomic mass is 9.33. The van der Waals surface area contributed by atoms with Gasteiger partial charge in [0.25, 0.3) is 6.71 Å². The van der Waals surface area contributed by atoms with Gasteiger partial charge in [-0.15, -0.1) is 0 Å². The Hall–Kier alpha value is -8.02. The van der Waals surface area contributed by atoms with Crippen LogP contribution in [0.5, 0.6) is 11.5 Å². The summed E-state index contributed by atoms with van der Waals surface area (Å²) in [5, 5.41) is 7.24. The van der Waals surface area contributed by atoms with E-state index in [9.17, 15) is 0 Å². The Morgan fingerprint density at radius 1 is 0.377 bits per heavy atom. The third kappa shape index (κ3) is 5.14. The van der Waals surface area contributed by atoms with Gasteiger partial charge in [0.15, 0.2) is 0 Å². The highest BCUT2D eigenvalue weighted by atomic mass is 16.5. The number of hydrogen-bond donors (Lipinski definition) is 0. The van der Waals surface area contributed by atoms with Crippen molar-refractivity contribution in [2.24, 2.45) is 0 Å². The molecular formula is C56H36BN3O. The van der Waals surface area contributed by atoms with Crippen molar-refractivity contribution in [3.05, 3.63) is 218 Å². The lowest BCUT2D eigenvalue weighted by Crippen LogP contribution is -2.59. The first-order valence-electron chi connectivity index (χ1n) is 21.0. The summed E-state index contributed by atoms with van der Waals surface area (Å²) < 4.78 is 9.55. The van der Waals surface area contributed by atoms with Gasteiger partial charge in [0.2, 0.25) is 0 Å². The maximum absolute atomic E-state index is 7.11. The van der Waals surface area contributed by atoms with Gasteiger partial charge >= 0.3 is 0 Å². The second-order valence-corrected chi connectivity index (χ2v) is 16.1. The van der Waals surface area contributed by atoms with Crippen LogP contribution in [0, 0.1) is 0 Å². The largest absolute Gasteiger partial charge is 0.458 e. The molecule has 2 aliphatic heterocycles. The number of para-hydroxylation sites is 3. The summed E-state index contributed by atoms with van der Waals surface area (Å²) in [7, 11) is 0. The van der Waals surface area contributed by atoms with Crippen LogP contribution in [0.4, 0.5) is 34.1 Å². The Morgan fingerprint density at radius 2 is 1.03 bits per heavy atom. The molecule has 61 heavy (non-hydrogen) atoms. The molecule has 0 radical (unpaired) electrons. The molecule has 4 nitrogen and oxygen atoms in total. The molecule has 0 N–H and O–H groups in total. The van der Waals surface area contributed by atoms with E-state index in [2.05, 4.69) is 233 Å². The lowest BCUT2D eigenvalue weighted by Gasteiger charge is -2.40. The van der Waals surface area contributed by atoms with Crippen LogP contribution in [0.3, 0.4) is 0 Å². The van der Waals surface area contributed by atoms with Crippen molar-refractivity contribution in [1.29, 1.82) is 0 Å². The van der Waals surface area contributed by atoms with Gasteiger partial charge in [0.05, 0.1) is 11.0 Å². The van der Waals surface area contributed by atoms with Crippen molar-refractivity contribution in [3.63, 3.8) is 0 Å². The van der Waals surface area contributed by atoms with Gasteiger partial charge in [0.1, 0.15) is 11.5 Å². The molecule has 1 aromatic heterocycles. The second-order valence-electron chi connectivity index (χ2n) is 16.1. The van der Waals surface area contributed by atoms with Crippen LogP contribution >= 0.6 is 0 Å². The van der Waals surface area contributed by atoms with Gasteiger partial charge in [-0.05, 0) is 129 Å². The van der Waals surface area contributed by atoms with Gasteiger partial charge in [-0.1, -0.05) is 127 Å². The molecule has 0 saturated carbocycles. The fourth-order valence-corrected chi connectivity index (χ4v) is 10.1. The minimum atomic E-state index is -0.0680. The molecule has 0 saturated heterocycles. The fraction of sp³-hybridized carbons (Fsp3) is 0. The van der Waals surface area contributed by atoms with Crippen molar-refractivity contribution in [2.75, 3.05) is 9.80 Å². The number of nitrogens with zero attached hydrogens (tertiary/aromatic N) is 3. The van der Waals surface area contributed by atoms with Crippen molar-refractivity contribution in [2.45, 2.75) is 0 Å². The molecule has 0 spiro atoms. The maximum atomic E-state index is 7.11. The minimum absolute atomic E-state index is 0.0680. The SMILES string of the molecule is c1ccc(N(c2ccccc2)c2ccc3c4cc5c(cc4n(-c4ccccc4)c3c2)B2c3c(cccc3N(c3ccc4ccccc4c3)c3ccc4ccccc4c32)O5)cc1. The average molecular weight is 778 g/mol. The third-order valence-corrected chi connectivity index (χ3v) is 12.8. The van der Waals surface area contributed by atoms with E-state index < -0.39 is 0 Å². The fourth-order valence-electron chi connectivity index (χ4n) is 10.1. The molecule has 0 aliphatic carbocycles. The van der Waals surface area contributed by atoms with E-state index in [0.717, 1.165) is 62.0 Å². The Bertz CT molecular complexity index is 3490. The summed E-state index contributed by atoms with van der Waals surface area (Å²) in [6, 6.07) is 79.1. The summed E-state index contributed by atoms with van der Waals surface area (Å²) in [4.78, 5) is 4.79. The van der Waals surface area contributed by atoms with Crippen molar-refractivity contribution >= 4 is 101 Å². The molecule has 0 unspecified atom stereocenters. The predicted octanol–water partition coefficient (Wildman–Crippen LogP) is 13.0. The highest BCUT2D eigenvalue weighted by Gasteiger charge is 2.43. The molecule has 11 aromatic rings. The summed E-state index contributed by atoms with van der Waals surface area (Å²) in [6.07, 6.45) is 0. The Balaban J connectivity index is 1.08. The number of anilines is 6. The molecule has 10 aromatic carbocycles. The van der Waals surface area contributed by atoms with Gasteiger partial charge in [0, 0.05) is 50.6 Å². The Kier molecular flexibility index (Phi) is 7.37. The number of rotatable bonds is 5. The average Bonchev–Trinajstić information content (AvgIpc) is 3.64. The van der Waals surface area contributed by atoms with Gasteiger partial charge < -0.3 is 19.1 Å². The van der Waals surface area contributed by atoms with E-state index in [1.165, 1.54) is 49.0 Å². The van der Waals surface area contributed by atoms with E-state index >= 15 is 0 Å². The molecule has 0 amide bonds. The highest BCUT2D eigenvalue weighted by molar-refractivity contribution is 7.00. The summed E-state index contributed by atoms with van der Waals surface area (Å²) in [6.45, 7) is -0.0680. The second kappa shape index (κ2) is 13.3. The first-order chi connectivity index (χ1) is 30.3. The van der Waals surface area contributed by atoms with Crippen LogP contribution in [0.25, 0.3) is 49.0 Å². The van der Waals surface area contributed by atoms with E-state index in [0.29, 0.717) is 0 Å². The molecule has 0 atom stereocenters. The normalized spacial score (nSPS) is 12.7. The molecule has 13 rings (SSSR count). The van der Waals surface area contributed by atoms with Gasteiger partial charge in [-0.2, -0.15) is 0 Å². The number of aromatic nitrogens is 1. The number of hydrogen-bond acceptors (Lipinski definition) is 3. The predicted molar refractivity (Wildman–Crippen MR) is 256 cm³/mol. The summed E-state index contributed by atoms with van der Waals surface area (Å²) in [5.41, 5.74) is 13.8. The van der Waals surface area contributed by atoms with Gasteiger partial charge in [-0.3, -0.25) is 0 Å². The molecular weight excluding hydrogens is 741 g/mol. The molecule has 0 fully saturated rings. The molecule has 284 valence electrons. The minimum Gasteiger partial charge on any atom is -0.458 e. The monoisotopic (exact) mass is 777 g/mol. The van der Waals surface area contributed by atoms with E-state index in [4.69, 9.17) is 4.74 Å². The first-order valence-corrected chi connectivity index (χ1v) is 21.0. The van der Waals surface area contributed by atoms with Gasteiger partial charge in [-0.25, -0.2) is 0 Å². The van der Waals surface area contributed by atoms with Crippen LogP contribution in [-0.2, 0) is 0 Å². The summed E-state index contributed by atoms with van der Waals surface area (Å²) in [5.74, 6) is 1.79. The van der Waals surface area contributed by atoms with Crippen LogP contribution in [0.15, 0.2) is 218 Å². The molecule has 2 aliphatic rings. The maximum Gasteiger partial charge on any atom is 0.257 e. The first kappa shape index (κ1) is 33.9. The quantitative estimate of drug-likeness (QED) is 0.162. The van der Waals surface area contributed by atoms with E-state index in [1.54, 1.807) is 0 Å². The Morgan fingerprint density at radius 3 is 1.82 bits per heavy atom. The van der Waals surface area contributed by atoms with Crippen LogP contribution in [-0.4, -0.2) is 11.3 Å². The van der Waals surface area contributed by atoms with Crippen LogP contribution < -0.4 is 30.9 Å². The molecule has 3 heterocycles. The van der Waals surface area contributed by atoms with E-state index in [1.807, 2.05) is 0 Å². The van der Waals surface area contributed by atoms with Crippen LogP contribution in [0.1, 0.15) is 0 Å². The number of fused-ring (bicyclic) bond motifs is 10. The number of benzene rings is 10. The smallest absolute Gasteiger partial charge is 0.257 e. The Labute approximate surface area is 353 Å². The van der Waals surface area contributed by atoms with Crippen molar-refractivity contribution < 1.29 is 4.74 Å². The van der Waals surface area contributed by atoms with Crippen molar-refractivity contribution in [3.8, 4) is 17.2 Å². The summed E-state index contributed by atoms with van der Waals surface area (Å²) >= 11 is 0. The third-order valence-electron chi connectivity index (χ3n) is 12.8. The molecule has 5 heteroatoms. The van der Waals surface area contributed by atoms with E-state index in [-0.39, 0.29) is 6.71 Å². The van der Waals surface area contributed by atoms with Crippen LogP contribution in [0.2, 0.25) is 0 Å². The standard InChI is InChI=1S/C56H36BN3O/c1-4-18-40(19-5-1)58(41-20-6-2-7-21-41)44-30-31-46-47-35-54-48(36-52(47)59(51(46)34-44)42-22-8-3-9-23-42)57-55-45-24-13-12-16-38(45)28-32-50(55)60(49-25-14-26-53(61-54)56(49)57)43-29-27-37-15-10-11-17-39(37)33-43/h1-36H. The highest BCUT2D eigenvalue weighted by Crippen LogP contribution is 2.45. The zero-order valence-corrected chi connectivity index (χ0v) is 33.1. The topological polar surface area (TPSA) is 20.6 Å². The lowest BCUT2D eigenvalue weighted by molar-refractivity contribution is 0.488. The zero-order valence-electron chi connectivity index (χ0n) is 33.1. The molecule has 0 bridgehead atoms. The number of ether oxygens (including phenoxy) is 1. The zero-order chi connectivity index (χ0) is 40.0. The van der Waals surface area contributed by atoms with Crippen molar-refractivity contribution in [1.82, 2.24) is 4.57 Å².